The van der Waals surface area contributed by atoms with Gasteiger partial charge in [0.2, 0.25) is 5.95 Å². The van der Waals surface area contributed by atoms with Crippen molar-refractivity contribution in [2.75, 3.05) is 24.3 Å². The fraction of sp³-hybridized carbons (Fsp3) is 0.286. The van der Waals surface area contributed by atoms with Crippen LogP contribution >= 0.6 is 11.6 Å². The van der Waals surface area contributed by atoms with Crippen LogP contribution in [-0.2, 0) is 0 Å². The van der Waals surface area contributed by atoms with Gasteiger partial charge in [0.15, 0.2) is 5.82 Å². The first kappa shape index (κ1) is 14.4. The van der Waals surface area contributed by atoms with Crippen LogP contribution in [-0.4, -0.2) is 23.6 Å². The van der Waals surface area contributed by atoms with Gasteiger partial charge in [-0.25, -0.2) is 4.98 Å². The number of nitrogens with zero attached hydrogens (tertiary/aromatic N) is 2. The Labute approximate surface area is 123 Å². The predicted molar refractivity (Wildman–Crippen MR) is 82.2 cm³/mol. The molecule has 2 N–H and O–H groups in total. The quantitative estimate of drug-likeness (QED) is 0.881. The number of hydrogen-bond acceptors (Lipinski definition) is 5. The topological polar surface area (TPSA) is 59.1 Å². The molecule has 2 aromatic rings. The Balaban J connectivity index is 2.24. The summed E-state index contributed by atoms with van der Waals surface area (Å²) in [6, 6.07) is 5.79. The Morgan fingerprint density at radius 2 is 2.15 bits per heavy atom. The Bertz CT molecular complexity index is 604. The van der Waals surface area contributed by atoms with Gasteiger partial charge < -0.3 is 15.4 Å². The third-order valence-electron chi connectivity index (χ3n) is 2.74. The number of anilines is 3. The molecule has 1 aromatic heterocycles. The van der Waals surface area contributed by atoms with Gasteiger partial charge in [0, 0.05) is 12.2 Å². The van der Waals surface area contributed by atoms with E-state index in [0.29, 0.717) is 16.8 Å². The minimum Gasteiger partial charge on any atom is -0.496 e. The molecule has 0 saturated carbocycles. The first-order valence-electron chi connectivity index (χ1n) is 6.32. The standard InChI is InChI=1S/C14H17ClN4O/c1-4-16-14-17-8-11(15)13(19-14)18-10-5-6-12(20-3)9(2)7-10/h5-8H,4H2,1-3H3,(H2,16,17,18,19). The SMILES string of the molecule is CCNc1ncc(Cl)c(Nc2ccc(OC)c(C)c2)n1. The van der Waals surface area contributed by atoms with Crippen LogP contribution in [0.25, 0.3) is 0 Å². The summed E-state index contributed by atoms with van der Waals surface area (Å²) in [6.07, 6.45) is 1.57. The van der Waals surface area contributed by atoms with Crippen molar-refractivity contribution in [2.45, 2.75) is 13.8 Å². The molecule has 1 aromatic carbocycles. The van der Waals surface area contributed by atoms with Crippen molar-refractivity contribution in [1.82, 2.24) is 9.97 Å². The lowest BCUT2D eigenvalue weighted by Gasteiger charge is -2.11. The second kappa shape index (κ2) is 6.43. The second-order valence-corrected chi connectivity index (χ2v) is 4.64. The normalized spacial score (nSPS) is 10.2. The number of aryl methyl sites for hydroxylation is 1. The zero-order chi connectivity index (χ0) is 14.5. The highest BCUT2D eigenvalue weighted by atomic mass is 35.5. The largest absolute Gasteiger partial charge is 0.496 e. The Morgan fingerprint density at radius 1 is 1.35 bits per heavy atom. The summed E-state index contributed by atoms with van der Waals surface area (Å²) in [4.78, 5) is 8.43. The zero-order valence-corrected chi connectivity index (χ0v) is 12.5. The fourth-order valence-electron chi connectivity index (χ4n) is 1.79. The summed E-state index contributed by atoms with van der Waals surface area (Å²) in [5.74, 6) is 1.96. The second-order valence-electron chi connectivity index (χ2n) is 4.23. The summed E-state index contributed by atoms with van der Waals surface area (Å²) in [5.41, 5.74) is 1.93. The lowest BCUT2D eigenvalue weighted by molar-refractivity contribution is 0.412. The molecule has 20 heavy (non-hydrogen) atoms. The minimum atomic E-state index is 0.472. The molecule has 0 aliphatic rings. The van der Waals surface area contributed by atoms with Gasteiger partial charge in [0.25, 0.3) is 0 Å². The fourth-order valence-corrected chi connectivity index (χ4v) is 1.93. The third kappa shape index (κ3) is 3.30. The van der Waals surface area contributed by atoms with Gasteiger partial charge in [0.05, 0.1) is 13.3 Å². The first-order valence-corrected chi connectivity index (χ1v) is 6.70. The first-order chi connectivity index (χ1) is 9.63. The smallest absolute Gasteiger partial charge is 0.224 e. The summed E-state index contributed by atoms with van der Waals surface area (Å²) in [6.45, 7) is 4.72. The summed E-state index contributed by atoms with van der Waals surface area (Å²) >= 11 is 6.10. The minimum absolute atomic E-state index is 0.472. The van der Waals surface area contributed by atoms with Crippen molar-refractivity contribution in [2.24, 2.45) is 0 Å². The lowest BCUT2D eigenvalue weighted by Crippen LogP contribution is -2.04. The molecule has 2 rings (SSSR count). The van der Waals surface area contributed by atoms with E-state index in [2.05, 4.69) is 20.6 Å². The molecule has 5 nitrogen and oxygen atoms in total. The number of methoxy groups -OCH3 is 1. The van der Waals surface area contributed by atoms with E-state index in [1.165, 1.54) is 0 Å². The summed E-state index contributed by atoms with van der Waals surface area (Å²) in [7, 11) is 1.65. The van der Waals surface area contributed by atoms with Gasteiger partial charge in [-0.2, -0.15) is 4.98 Å². The Morgan fingerprint density at radius 3 is 2.80 bits per heavy atom. The number of benzene rings is 1. The highest BCUT2D eigenvalue weighted by Gasteiger charge is 2.07. The van der Waals surface area contributed by atoms with E-state index in [1.807, 2.05) is 32.0 Å². The summed E-state index contributed by atoms with van der Waals surface area (Å²) < 4.78 is 5.24. The van der Waals surface area contributed by atoms with Crippen molar-refractivity contribution in [3.63, 3.8) is 0 Å². The van der Waals surface area contributed by atoms with Crippen molar-refractivity contribution < 1.29 is 4.74 Å². The van der Waals surface area contributed by atoms with Crippen molar-refractivity contribution in [3.05, 3.63) is 35.0 Å². The monoisotopic (exact) mass is 292 g/mol. The van der Waals surface area contributed by atoms with Crippen LogP contribution in [0, 0.1) is 6.92 Å². The average molecular weight is 293 g/mol. The van der Waals surface area contributed by atoms with Gasteiger partial charge in [-0.3, -0.25) is 0 Å². The number of halogens is 1. The molecule has 0 amide bonds. The number of ether oxygens (including phenoxy) is 1. The Hall–Kier alpha value is -2.01. The summed E-state index contributed by atoms with van der Waals surface area (Å²) in [5, 5.41) is 6.71. The van der Waals surface area contributed by atoms with E-state index >= 15 is 0 Å². The zero-order valence-electron chi connectivity index (χ0n) is 11.7. The van der Waals surface area contributed by atoms with Crippen molar-refractivity contribution >= 4 is 29.1 Å². The molecule has 1 heterocycles. The van der Waals surface area contributed by atoms with Crippen LogP contribution in [0.2, 0.25) is 5.02 Å². The number of hydrogen-bond donors (Lipinski definition) is 2. The number of aromatic nitrogens is 2. The maximum atomic E-state index is 6.10. The molecule has 0 radical (unpaired) electrons. The molecule has 0 fully saturated rings. The van der Waals surface area contributed by atoms with Gasteiger partial charge >= 0.3 is 0 Å². The molecule has 0 bridgehead atoms. The third-order valence-corrected chi connectivity index (χ3v) is 3.01. The maximum absolute atomic E-state index is 6.10. The van der Waals surface area contributed by atoms with Crippen LogP contribution in [0.1, 0.15) is 12.5 Å². The van der Waals surface area contributed by atoms with Gasteiger partial charge in [-0.1, -0.05) is 11.6 Å². The highest BCUT2D eigenvalue weighted by Crippen LogP contribution is 2.27. The van der Waals surface area contributed by atoms with E-state index < -0.39 is 0 Å². The molecule has 106 valence electrons. The van der Waals surface area contributed by atoms with Gasteiger partial charge in [-0.05, 0) is 37.6 Å². The van der Waals surface area contributed by atoms with Crippen LogP contribution < -0.4 is 15.4 Å². The molecular weight excluding hydrogens is 276 g/mol. The molecule has 0 atom stereocenters. The van der Waals surface area contributed by atoms with E-state index in [4.69, 9.17) is 16.3 Å². The Kier molecular flexibility index (Phi) is 4.63. The van der Waals surface area contributed by atoms with Crippen LogP contribution in [0.4, 0.5) is 17.5 Å². The van der Waals surface area contributed by atoms with E-state index in [-0.39, 0.29) is 0 Å². The van der Waals surface area contributed by atoms with Gasteiger partial charge in [-0.15, -0.1) is 0 Å². The lowest BCUT2D eigenvalue weighted by atomic mass is 10.2. The molecule has 0 unspecified atom stereocenters. The van der Waals surface area contributed by atoms with E-state index in [0.717, 1.165) is 23.5 Å². The van der Waals surface area contributed by atoms with Crippen LogP contribution in [0.15, 0.2) is 24.4 Å². The molecule has 0 saturated heterocycles. The molecule has 0 aliphatic heterocycles. The van der Waals surface area contributed by atoms with Crippen molar-refractivity contribution in [3.8, 4) is 5.75 Å². The van der Waals surface area contributed by atoms with Gasteiger partial charge in [0.1, 0.15) is 10.8 Å². The van der Waals surface area contributed by atoms with E-state index in [1.54, 1.807) is 13.3 Å². The molecular formula is C14H17ClN4O. The molecule has 6 heteroatoms. The predicted octanol–water partition coefficient (Wildman–Crippen LogP) is 3.62. The average Bonchev–Trinajstić information content (AvgIpc) is 2.43. The number of nitrogens with one attached hydrogen (secondary N) is 2. The van der Waals surface area contributed by atoms with E-state index in [9.17, 15) is 0 Å². The van der Waals surface area contributed by atoms with Crippen LogP contribution in [0.3, 0.4) is 0 Å². The molecule has 0 aliphatic carbocycles. The highest BCUT2D eigenvalue weighted by molar-refractivity contribution is 6.32. The maximum Gasteiger partial charge on any atom is 0.224 e. The number of rotatable bonds is 5. The molecule has 0 spiro atoms. The van der Waals surface area contributed by atoms with Crippen molar-refractivity contribution in [1.29, 1.82) is 0 Å². The van der Waals surface area contributed by atoms with Crippen LogP contribution in [0.5, 0.6) is 5.75 Å².